The number of aromatic nitrogens is 1. The van der Waals surface area contributed by atoms with E-state index >= 15 is 0 Å². The lowest BCUT2D eigenvalue weighted by Gasteiger charge is -2.27. The Bertz CT molecular complexity index is 585. The third-order valence-corrected chi connectivity index (χ3v) is 3.97. The minimum Gasteiger partial charge on any atom is -0.493 e. The van der Waals surface area contributed by atoms with Crippen molar-refractivity contribution < 1.29 is 4.74 Å². The summed E-state index contributed by atoms with van der Waals surface area (Å²) in [5, 5.41) is 0.636. The van der Waals surface area contributed by atoms with Gasteiger partial charge in [0, 0.05) is 12.2 Å². The molecule has 0 spiro atoms. The fraction of sp³-hybridized carbons (Fsp3) is 0.312. The van der Waals surface area contributed by atoms with Crippen molar-refractivity contribution in [2.75, 3.05) is 6.61 Å². The van der Waals surface area contributed by atoms with Crippen LogP contribution in [0.5, 0.6) is 5.75 Å². The van der Waals surface area contributed by atoms with Gasteiger partial charge in [-0.25, -0.2) is 0 Å². The lowest BCUT2D eigenvalue weighted by atomic mass is 9.87. The molecule has 20 heavy (non-hydrogen) atoms. The SMILES string of the molecule is NC(CC1CCOc2ccccc21)c1ccc(Cl)cn1. The van der Waals surface area contributed by atoms with Gasteiger partial charge in [-0.05, 0) is 42.5 Å². The van der Waals surface area contributed by atoms with Crippen molar-refractivity contribution in [1.82, 2.24) is 4.98 Å². The van der Waals surface area contributed by atoms with Gasteiger partial charge in [0.05, 0.1) is 17.3 Å². The summed E-state index contributed by atoms with van der Waals surface area (Å²) < 4.78 is 5.68. The summed E-state index contributed by atoms with van der Waals surface area (Å²) in [6.45, 7) is 0.752. The molecule has 4 heteroatoms. The molecular formula is C16H17ClN2O. The summed E-state index contributed by atoms with van der Waals surface area (Å²) in [6.07, 6.45) is 3.52. The normalized spacial score (nSPS) is 19.0. The van der Waals surface area contributed by atoms with E-state index in [1.807, 2.05) is 30.3 Å². The van der Waals surface area contributed by atoms with E-state index in [4.69, 9.17) is 22.1 Å². The van der Waals surface area contributed by atoms with Crippen molar-refractivity contribution in [2.45, 2.75) is 24.8 Å². The zero-order chi connectivity index (χ0) is 13.9. The van der Waals surface area contributed by atoms with E-state index in [-0.39, 0.29) is 6.04 Å². The van der Waals surface area contributed by atoms with Gasteiger partial charge in [-0.15, -0.1) is 0 Å². The number of hydrogen-bond acceptors (Lipinski definition) is 3. The van der Waals surface area contributed by atoms with E-state index in [1.54, 1.807) is 6.20 Å². The summed E-state index contributed by atoms with van der Waals surface area (Å²) >= 11 is 5.86. The highest BCUT2D eigenvalue weighted by atomic mass is 35.5. The van der Waals surface area contributed by atoms with Gasteiger partial charge < -0.3 is 10.5 Å². The zero-order valence-electron chi connectivity index (χ0n) is 11.1. The van der Waals surface area contributed by atoms with Gasteiger partial charge in [0.15, 0.2) is 0 Å². The minimum atomic E-state index is -0.0802. The molecule has 2 heterocycles. The van der Waals surface area contributed by atoms with Gasteiger partial charge in [-0.3, -0.25) is 4.98 Å². The molecule has 3 nitrogen and oxygen atoms in total. The fourth-order valence-corrected chi connectivity index (χ4v) is 2.81. The minimum absolute atomic E-state index is 0.0802. The van der Waals surface area contributed by atoms with E-state index in [1.165, 1.54) is 5.56 Å². The maximum atomic E-state index is 6.29. The number of benzene rings is 1. The lowest BCUT2D eigenvalue weighted by molar-refractivity contribution is 0.259. The second-order valence-electron chi connectivity index (χ2n) is 5.12. The Labute approximate surface area is 123 Å². The average Bonchev–Trinajstić information content (AvgIpc) is 2.48. The first kappa shape index (κ1) is 13.4. The van der Waals surface area contributed by atoms with Gasteiger partial charge in [-0.1, -0.05) is 29.8 Å². The van der Waals surface area contributed by atoms with Crippen LogP contribution in [0.1, 0.15) is 36.1 Å². The van der Waals surface area contributed by atoms with Gasteiger partial charge in [0.1, 0.15) is 5.75 Å². The van der Waals surface area contributed by atoms with Crippen molar-refractivity contribution in [3.05, 3.63) is 58.9 Å². The van der Waals surface area contributed by atoms with Gasteiger partial charge in [-0.2, -0.15) is 0 Å². The average molecular weight is 289 g/mol. The first-order valence-corrected chi connectivity index (χ1v) is 7.20. The summed E-state index contributed by atoms with van der Waals surface area (Å²) in [5.74, 6) is 1.41. The molecule has 1 aromatic heterocycles. The molecule has 2 N–H and O–H groups in total. The molecule has 1 aliphatic rings. The second-order valence-corrected chi connectivity index (χ2v) is 5.55. The van der Waals surface area contributed by atoms with Crippen LogP contribution in [0.2, 0.25) is 5.02 Å². The lowest BCUT2D eigenvalue weighted by Crippen LogP contribution is -2.20. The number of ether oxygens (including phenoxy) is 1. The maximum Gasteiger partial charge on any atom is 0.122 e. The molecule has 0 aliphatic carbocycles. The summed E-state index contributed by atoms with van der Waals surface area (Å²) in [7, 11) is 0. The molecule has 3 rings (SSSR count). The Morgan fingerprint density at radius 3 is 2.95 bits per heavy atom. The Kier molecular flexibility index (Phi) is 3.90. The van der Waals surface area contributed by atoms with Gasteiger partial charge in [0.25, 0.3) is 0 Å². The molecule has 0 radical (unpaired) electrons. The van der Waals surface area contributed by atoms with E-state index < -0.39 is 0 Å². The van der Waals surface area contributed by atoms with Crippen LogP contribution in [0.3, 0.4) is 0 Å². The number of halogens is 1. The monoisotopic (exact) mass is 288 g/mol. The molecule has 1 aliphatic heterocycles. The first-order valence-electron chi connectivity index (χ1n) is 6.83. The Hall–Kier alpha value is -1.58. The van der Waals surface area contributed by atoms with Crippen molar-refractivity contribution in [2.24, 2.45) is 5.73 Å². The third kappa shape index (κ3) is 2.79. The molecular weight excluding hydrogens is 272 g/mol. The summed E-state index contributed by atoms with van der Waals surface area (Å²) in [5.41, 5.74) is 8.43. The molecule has 0 bridgehead atoms. The topological polar surface area (TPSA) is 48.1 Å². The van der Waals surface area contributed by atoms with Crippen molar-refractivity contribution >= 4 is 11.6 Å². The van der Waals surface area contributed by atoms with E-state index in [9.17, 15) is 0 Å². The van der Waals surface area contributed by atoms with Crippen LogP contribution < -0.4 is 10.5 Å². The Morgan fingerprint density at radius 1 is 1.30 bits per heavy atom. The van der Waals surface area contributed by atoms with Gasteiger partial charge in [0.2, 0.25) is 0 Å². The highest BCUT2D eigenvalue weighted by Gasteiger charge is 2.23. The predicted molar refractivity (Wildman–Crippen MR) is 80.1 cm³/mol. The van der Waals surface area contributed by atoms with E-state index in [0.29, 0.717) is 10.9 Å². The first-order chi connectivity index (χ1) is 9.74. The molecule has 1 aromatic carbocycles. The van der Waals surface area contributed by atoms with E-state index in [0.717, 1.165) is 30.9 Å². The molecule has 104 valence electrons. The van der Waals surface area contributed by atoms with Crippen molar-refractivity contribution in [3.63, 3.8) is 0 Å². The van der Waals surface area contributed by atoms with Crippen LogP contribution in [-0.4, -0.2) is 11.6 Å². The predicted octanol–water partition coefficient (Wildman–Crippen LogP) is 3.69. The molecule has 0 amide bonds. The Morgan fingerprint density at radius 2 is 2.15 bits per heavy atom. The molecule has 0 saturated carbocycles. The smallest absolute Gasteiger partial charge is 0.122 e. The molecule has 2 unspecified atom stereocenters. The molecule has 0 saturated heterocycles. The number of pyridine rings is 1. The van der Waals surface area contributed by atoms with Crippen LogP contribution in [-0.2, 0) is 0 Å². The van der Waals surface area contributed by atoms with Crippen molar-refractivity contribution in [1.29, 1.82) is 0 Å². The maximum absolute atomic E-state index is 6.29. The van der Waals surface area contributed by atoms with Crippen LogP contribution in [0.4, 0.5) is 0 Å². The number of nitrogens with zero attached hydrogens (tertiary/aromatic N) is 1. The van der Waals surface area contributed by atoms with Crippen molar-refractivity contribution in [3.8, 4) is 5.75 Å². The van der Waals surface area contributed by atoms with Crippen LogP contribution in [0.15, 0.2) is 42.6 Å². The number of rotatable bonds is 3. The van der Waals surface area contributed by atoms with Gasteiger partial charge >= 0.3 is 0 Å². The Balaban J connectivity index is 1.77. The number of nitrogens with two attached hydrogens (primary N) is 1. The highest BCUT2D eigenvalue weighted by molar-refractivity contribution is 6.30. The quantitative estimate of drug-likeness (QED) is 0.937. The largest absolute Gasteiger partial charge is 0.493 e. The molecule has 2 aromatic rings. The summed E-state index contributed by atoms with van der Waals surface area (Å²) in [4.78, 5) is 4.31. The number of fused-ring (bicyclic) bond motifs is 1. The zero-order valence-corrected chi connectivity index (χ0v) is 11.9. The molecule has 2 atom stereocenters. The fourth-order valence-electron chi connectivity index (χ4n) is 2.69. The van der Waals surface area contributed by atoms with E-state index in [2.05, 4.69) is 11.1 Å². The van der Waals surface area contributed by atoms with Crippen LogP contribution >= 0.6 is 11.6 Å². The number of para-hydroxylation sites is 1. The van der Waals surface area contributed by atoms with Crippen LogP contribution in [0.25, 0.3) is 0 Å². The molecule has 0 fully saturated rings. The standard InChI is InChI=1S/C16H17ClN2O/c17-12-5-6-15(19-10-12)14(18)9-11-7-8-20-16-4-2-1-3-13(11)16/h1-6,10-11,14H,7-9,18H2. The highest BCUT2D eigenvalue weighted by Crippen LogP contribution is 2.37. The third-order valence-electron chi connectivity index (χ3n) is 3.75. The van der Waals surface area contributed by atoms with Crippen LogP contribution in [0, 0.1) is 0 Å². The number of hydrogen-bond donors (Lipinski definition) is 1. The summed E-state index contributed by atoms with van der Waals surface area (Å²) in [6, 6.07) is 11.9. The second kappa shape index (κ2) is 5.81.